The number of hydrogen-bond donors (Lipinski definition) is 2. The molecule has 0 aliphatic carbocycles. The number of nitrogens with zero attached hydrogens (tertiary/aromatic N) is 1. The number of anilines is 1. The molecule has 0 saturated carbocycles. The highest BCUT2D eigenvalue weighted by Crippen LogP contribution is 2.33. The molecule has 1 aliphatic rings. The third kappa shape index (κ3) is 4.13. The Kier molecular flexibility index (Phi) is 5.25. The van der Waals surface area contributed by atoms with E-state index in [1.54, 1.807) is 0 Å². The van der Waals surface area contributed by atoms with Crippen LogP contribution in [0.15, 0.2) is 18.2 Å². The van der Waals surface area contributed by atoms with Gasteiger partial charge in [0.2, 0.25) is 5.91 Å². The second-order valence-corrected chi connectivity index (χ2v) is 5.58. The summed E-state index contributed by atoms with van der Waals surface area (Å²) in [5.74, 6) is 0.455. The van der Waals surface area contributed by atoms with Crippen LogP contribution in [0.25, 0.3) is 0 Å². The zero-order valence-electron chi connectivity index (χ0n) is 13.3. The van der Waals surface area contributed by atoms with Crippen molar-refractivity contribution in [3.05, 3.63) is 23.8 Å². The second kappa shape index (κ2) is 7.15. The van der Waals surface area contributed by atoms with Crippen molar-refractivity contribution in [1.82, 2.24) is 10.6 Å². The van der Waals surface area contributed by atoms with Crippen molar-refractivity contribution < 1.29 is 14.3 Å². The lowest BCUT2D eigenvalue weighted by Crippen LogP contribution is -2.47. The maximum absolute atomic E-state index is 12.0. The van der Waals surface area contributed by atoms with E-state index < -0.39 is 6.03 Å². The van der Waals surface area contributed by atoms with Crippen molar-refractivity contribution >= 4 is 17.6 Å². The first-order chi connectivity index (χ1) is 10.5. The predicted octanol–water partition coefficient (Wildman–Crippen LogP) is 1.82. The average molecular weight is 305 g/mol. The molecule has 0 saturated heterocycles. The third-order valence-electron chi connectivity index (χ3n) is 3.38. The zero-order valence-corrected chi connectivity index (χ0v) is 13.3. The Morgan fingerprint density at radius 3 is 2.91 bits per heavy atom. The molecule has 1 aliphatic heterocycles. The van der Waals surface area contributed by atoms with Crippen LogP contribution in [0, 0.1) is 6.92 Å². The molecule has 22 heavy (non-hydrogen) atoms. The highest BCUT2D eigenvalue weighted by molar-refractivity contribution is 5.96. The van der Waals surface area contributed by atoms with Crippen molar-refractivity contribution in [2.45, 2.75) is 33.3 Å². The van der Waals surface area contributed by atoms with Crippen LogP contribution < -0.4 is 20.3 Å². The van der Waals surface area contributed by atoms with Crippen LogP contribution in [0.4, 0.5) is 10.5 Å². The molecule has 0 spiro atoms. The summed E-state index contributed by atoms with van der Waals surface area (Å²) in [6.45, 7) is 7.21. The Morgan fingerprint density at radius 1 is 1.41 bits per heavy atom. The molecule has 3 amide bonds. The number of carbonyl (C=O) groups is 2. The van der Waals surface area contributed by atoms with E-state index in [1.165, 1.54) is 0 Å². The van der Waals surface area contributed by atoms with E-state index >= 15 is 0 Å². The number of rotatable bonds is 4. The summed E-state index contributed by atoms with van der Waals surface area (Å²) < 4.78 is 5.81. The molecule has 1 aromatic carbocycles. The number of amides is 3. The van der Waals surface area contributed by atoms with Crippen LogP contribution in [0.1, 0.15) is 25.8 Å². The lowest BCUT2D eigenvalue weighted by atomic mass is 10.1. The van der Waals surface area contributed by atoms with Gasteiger partial charge in [-0.1, -0.05) is 13.0 Å². The maximum Gasteiger partial charge on any atom is 0.321 e. The SMILES string of the molecule is CCCNC(=O)NC(=O)CN1CC(C)Oc2cc(C)ccc21. The molecule has 6 nitrogen and oxygen atoms in total. The van der Waals surface area contributed by atoms with Gasteiger partial charge in [0, 0.05) is 6.54 Å². The molecule has 2 N–H and O–H groups in total. The van der Waals surface area contributed by atoms with Gasteiger partial charge >= 0.3 is 6.03 Å². The van der Waals surface area contributed by atoms with Crippen molar-refractivity contribution in [2.75, 3.05) is 24.5 Å². The normalized spacial score (nSPS) is 16.5. The number of nitrogens with one attached hydrogen (secondary N) is 2. The molecule has 1 unspecified atom stereocenters. The van der Waals surface area contributed by atoms with Gasteiger partial charge in [0.1, 0.15) is 11.9 Å². The summed E-state index contributed by atoms with van der Waals surface area (Å²) in [4.78, 5) is 25.5. The molecule has 2 rings (SSSR count). The lowest BCUT2D eigenvalue weighted by Gasteiger charge is -2.34. The molecule has 1 aromatic rings. The highest BCUT2D eigenvalue weighted by atomic mass is 16.5. The number of hydrogen-bond acceptors (Lipinski definition) is 4. The van der Waals surface area contributed by atoms with Gasteiger partial charge in [-0.2, -0.15) is 0 Å². The highest BCUT2D eigenvalue weighted by Gasteiger charge is 2.25. The van der Waals surface area contributed by atoms with Gasteiger partial charge in [-0.3, -0.25) is 10.1 Å². The number of ether oxygens (including phenoxy) is 1. The van der Waals surface area contributed by atoms with Gasteiger partial charge in [0.25, 0.3) is 0 Å². The summed E-state index contributed by atoms with van der Waals surface area (Å²) in [6.07, 6.45) is 0.825. The van der Waals surface area contributed by atoms with Crippen molar-refractivity contribution in [1.29, 1.82) is 0 Å². The average Bonchev–Trinajstić information content (AvgIpc) is 2.44. The number of benzene rings is 1. The van der Waals surface area contributed by atoms with Crippen molar-refractivity contribution in [2.24, 2.45) is 0 Å². The summed E-state index contributed by atoms with van der Waals surface area (Å²) in [5.41, 5.74) is 1.99. The number of aryl methyl sites for hydroxylation is 1. The van der Waals surface area contributed by atoms with Gasteiger partial charge < -0.3 is 15.0 Å². The van der Waals surface area contributed by atoms with Gasteiger partial charge in [0.05, 0.1) is 18.8 Å². The number of carbonyl (C=O) groups excluding carboxylic acids is 2. The van der Waals surface area contributed by atoms with E-state index in [4.69, 9.17) is 4.74 Å². The van der Waals surface area contributed by atoms with Crippen LogP contribution in [0.5, 0.6) is 5.75 Å². The molecular weight excluding hydrogens is 282 g/mol. The molecule has 0 fully saturated rings. The van der Waals surface area contributed by atoms with E-state index in [1.807, 2.05) is 43.9 Å². The Balaban J connectivity index is 2.01. The molecule has 0 radical (unpaired) electrons. The third-order valence-corrected chi connectivity index (χ3v) is 3.38. The first kappa shape index (κ1) is 16.1. The molecule has 0 bridgehead atoms. The summed E-state index contributed by atoms with van der Waals surface area (Å²) in [6, 6.07) is 5.44. The molecule has 0 aromatic heterocycles. The minimum Gasteiger partial charge on any atom is -0.487 e. The van der Waals surface area contributed by atoms with Gasteiger partial charge in [0.15, 0.2) is 0 Å². The van der Waals surface area contributed by atoms with Crippen LogP contribution in [0.2, 0.25) is 0 Å². The van der Waals surface area contributed by atoms with Crippen LogP contribution in [-0.2, 0) is 4.79 Å². The Morgan fingerprint density at radius 2 is 2.18 bits per heavy atom. The fraction of sp³-hybridized carbons (Fsp3) is 0.500. The second-order valence-electron chi connectivity index (χ2n) is 5.58. The van der Waals surface area contributed by atoms with Gasteiger partial charge in [-0.15, -0.1) is 0 Å². The summed E-state index contributed by atoms with van der Waals surface area (Å²) in [5, 5.41) is 4.97. The smallest absolute Gasteiger partial charge is 0.321 e. The van der Waals surface area contributed by atoms with Crippen LogP contribution >= 0.6 is 0 Å². The Labute approximate surface area is 130 Å². The monoisotopic (exact) mass is 305 g/mol. The Bertz CT molecular complexity index is 560. The standard InChI is InChI=1S/C16H23N3O3/c1-4-7-17-16(21)18-15(20)10-19-9-12(3)22-14-8-11(2)5-6-13(14)19/h5-6,8,12H,4,7,9-10H2,1-3H3,(H2,17,18,20,21). The quantitative estimate of drug-likeness (QED) is 0.890. The fourth-order valence-electron chi connectivity index (χ4n) is 2.41. The topological polar surface area (TPSA) is 70.7 Å². The van der Waals surface area contributed by atoms with E-state index in [0.29, 0.717) is 13.1 Å². The molecule has 6 heteroatoms. The maximum atomic E-state index is 12.0. The largest absolute Gasteiger partial charge is 0.487 e. The molecule has 1 heterocycles. The van der Waals surface area contributed by atoms with Crippen molar-refractivity contribution in [3.63, 3.8) is 0 Å². The number of fused-ring (bicyclic) bond motifs is 1. The van der Waals surface area contributed by atoms with Crippen LogP contribution in [0.3, 0.4) is 0 Å². The first-order valence-corrected chi connectivity index (χ1v) is 7.59. The minimum absolute atomic E-state index is 0.00369. The van der Waals surface area contributed by atoms with E-state index in [9.17, 15) is 9.59 Å². The van der Waals surface area contributed by atoms with Gasteiger partial charge in [-0.25, -0.2) is 4.79 Å². The fourth-order valence-corrected chi connectivity index (χ4v) is 2.41. The predicted molar refractivity (Wildman–Crippen MR) is 85.3 cm³/mol. The summed E-state index contributed by atoms with van der Waals surface area (Å²) >= 11 is 0. The number of imide groups is 1. The molecule has 1 atom stereocenters. The van der Waals surface area contributed by atoms with Crippen molar-refractivity contribution in [3.8, 4) is 5.75 Å². The van der Waals surface area contributed by atoms with Crippen LogP contribution in [-0.4, -0.2) is 37.7 Å². The minimum atomic E-state index is -0.447. The first-order valence-electron chi connectivity index (χ1n) is 7.59. The van der Waals surface area contributed by atoms with Gasteiger partial charge in [-0.05, 0) is 38.0 Å². The molecular formula is C16H23N3O3. The Hall–Kier alpha value is -2.24. The van der Waals surface area contributed by atoms with E-state index in [-0.39, 0.29) is 18.6 Å². The summed E-state index contributed by atoms with van der Waals surface area (Å²) in [7, 11) is 0. The molecule has 120 valence electrons. The van der Waals surface area contributed by atoms with E-state index in [0.717, 1.165) is 23.4 Å². The number of urea groups is 1. The zero-order chi connectivity index (χ0) is 16.1. The lowest BCUT2D eigenvalue weighted by molar-refractivity contribution is -0.118. The van der Waals surface area contributed by atoms with E-state index in [2.05, 4.69) is 10.6 Å².